The zero-order valence-electron chi connectivity index (χ0n) is 10.3. The molecule has 3 aromatic rings. The molecular weight excluding hydrogens is 261 g/mol. The molecule has 0 bridgehead atoms. The summed E-state index contributed by atoms with van der Waals surface area (Å²) in [7, 11) is 0. The van der Waals surface area contributed by atoms with Gasteiger partial charge in [0.15, 0.2) is 5.76 Å². The lowest BCUT2D eigenvalue weighted by molar-refractivity contribution is -0.136. The second kappa shape index (κ2) is 4.77. The van der Waals surface area contributed by atoms with Crippen LogP contribution in [0.2, 0.25) is 0 Å². The van der Waals surface area contributed by atoms with Gasteiger partial charge in [-0.3, -0.25) is 4.79 Å². The lowest BCUT2D eigenvalue weighted by Gasteiger charge is -1.99. The zero-order chi connectivity index (χ0) is 14.1. The van der Waals surface area contributed by atoms with E-state index in [1.54, 1.807) is 30.3 Å². The van der Waals surface area contributed by atoms with Gasteiger partial charge in [0, 0.05) is 5.56 Å². The Morgan fingerprint density at radius 2 is 1.95 bits per heavy atom. The molecular formula is C15H10FNO3. The number of aliphatic carboxylic acids is 1. The van der Waals surface area contributed by atoms with Crippen LogP contribution in [-0.2, 0) is 11.2 Å². The first-order valence-corrected chi connectivity index (χ1v) is 6.00. The molecule has 0 aliphatic carbocycles. The van der Waals surface area contributed by atoms with Crippen LogP contribution in [0.5, 0.6) is 0 Å². The third kappa shape index (κ3) is 2.14. The predicted molar refractivity (Wildman–Crippen MR) is 70.7 cm³/mol. The van der Waals surface area contributed by atoms with Gasteiger partial charge in [-0.05, 0) is 35.9 Å². The second-order valence-corrected chi connectivity index (χ2v) is 4.40. The van der Waals surface area contributed by atoms with Crippen LogP contribution in [0, 0.1) is 5.82 Å². The van der Waals surface area contributed by atoms with Gasteiger partial charge in [0.05, 0.1) is 11.8 Å². The van der Waals surface area contributed by atoms with Crippen LogP contribution in [0.15, 0.2) is 47.0 Å². The number of carboxylic acids is 1. The van der Waals surface area contributed by atoms with Crippen molar-refractivity contribution in [3.05, 3.63) is 53.8 Å². The van der Waals surface area contributed by atoms with Gasteiger partial charge in [-0.1, -0.05) is 17.3 Å². The average Bonchev–Trinajstić information content (AvgIpc) is 2.84. The molecule has 0 spiro atoms. The highest BCUT2D eigenvalue weighted by atomic mass is 19.1. The lowest BCUT2D eigenvalue weighted by Crippen LogP contribution is -2.00. The summed E-state index contributed by atoms with van der Waals surface area (Å²) in [5.74, 6) is -0.750. The molecule has 4 nitrogen and oxygen atoms in total. The van der Waals surface area contributed by atoms with E-state index in [0.29, 0.717) is 22.4 Å². The minimum Gasteiger partial charge on any atom is -0.481 e. The van der Waals surface area contributed by atoms with E-state index >= 15 is 0 Å². The second-order valence-electron chi connectivity index (χ2n) is 4.40. The average molecular weight is 271 g/mol. The van der Waals surface area contributed by atoms with Gasteiger partial charge in [0.2, 0.25) is 0 Å². The molecule has 2 aromatic carbocycles. The number of rotatable bonds is 3. The highest BCUT2D eigenvalue weighted by Gasteiger charge is 2.14. The first-order chi connectivity index (χ1) is 9.65. The van der Waals surface area contributed by atoms with Crippen molar-refractivity contribution in [2.24, 2.45) is 0 Å². The monoisotopic (exact) mass is 271 g/mol. The minimum atomic E-state index is -0.927. The fourth-order valence-electron chi connectivity index (χ4n) is 2.14. The molecule has 0 fully saturated rings. The third-order valence-corrected chi connectivity index (χ3v) is 3.04. The van der Waals surface area contributed by atoms with E-state index in [1.165, 1.54) is 12.1 Å². The number of fused-ring (bicyclic) bond motifs is 1. The van der Waals surface area contributed by atoms with Gasteiger partial charge < -0.3 is 9.63 Å². The SMILES string of the molecule is O=C(O)Cc1cccc2c(-c3ccc(F)cc3)onc12. The Hall–Kier alpha value is -2.69. The Labute approximate surface area is 113 Å². The molecule has 5 heteroatoms. The summed E-state index contributed by atoms with van der Waals surface area (Å²) in [5.41, 5.74) is 1.81. The molecule has 0 unspecified atom stereocenters. The van der Waals surface area contributed by atoms with E-state index in [1.807, 2.05) is 0 Å². The van der Waals surface area contributed by atoms with Gasteiger partial charge in [0.1, 0.15) is 11.3 Å². The van der Waals surface area contributed by atoms with Crippen LogP contribution in [-0.4, -0.2) is 16.2 Å². The summed E-state index contributed by atoms with van der Waals surface area (Å²) in [4.78, 5) is 10.8. The van der Waals surface area contributed by atoms with Gasteiger partial charge >= 0.3 is 5.97 Å². The van der Waals surface area contributed by atoms with Crippen LogP contribution in [0.3, 0.4) is 0 Å². The van der Waals surface area contributed by atoms with Crippen LogP contribution >= 0.6 is 0 Å². The lowest BCUT2D eigenvalue weighted by atomic mass is 10.0. The first-order valence-electron chi connectivity index (χ1n) is 6.00. The maximum atomic E-state index is 12.9. The summed E-state index contributed by atoms with van der Waals surface area (Å²) in [5, 5.41) is 13.5. The third-order valence-electron chi connectivity index (χ3n) is 3.04. The van der Waals surface area contributed by atoms with E-state index in [-0.39, 0.29) is 12.2 Å². The van der Waals surface area contributed by atoms with E-state index < -0.39 is 5.97 Å². The Morgan fingerprint density at radius 1 is 1.20 bits per heavy atom. The first kappa shape index (κ1) is 12.3. The highest BCUT2D eigenvalue weighted by Crippen LogP contribution is 2.30. The van der Waals surface area contributed by atoms with E-state index in [9.17, 15) is 9.18 Å². The number of hydrogen-bond acceptors (Lipinski definition) is 3. The maximum absolute atomic E-state index is 12.9. The van der Waals surface area contributed by atoms with Crippen molar-refractivity contribution < 1.29 is 18.8 Å². The van der Waals surface area contributed by atoms with Crippen molar-refractivity contribution in [2.45, 2.75) is 6.42 Å². The molecule has 1 N–H and O–H groups in total. The molecule has 0 aliphatic heterocycles. The summed E-state index contributed by atoms with van der Waals surface area (Å²) < 4.78 is 18.2. The molecule has 0 amide bonds. The molecule has 1 heterocycles. The number of carboxylic acid groups (broad SMARTS) is 1. The Morgan fingerprint density at radius 3 is 2.65 bits per heavy atom. The van der Waals surface area contributed by atoms with Crippen molar-refractivity contribution in [3.63, 3.8) is 0 Å². The van der Waals surface area contributed by atoms with Crippen LogP contribution in [0.25, 0.3) is 22.2 Å². The van der Waals surface area contributed by atoms with Crippen molar-refractivity contribution in [3.8, 4) is 11.3 Å². The fraction of sp³-hybridized carbons (Fsp3) is 0.0667. The normalized spacial score (nSPS) is 10.8. The molecule has 0 saturated carbocycles. The number of carbonyl (C=O) groups is 1. The summed E-state index contributed by atoms with van der Waals surface area (Å²) in [6.45, 7) is 0. The largest absolute Gasteiger partial charge is 0.481 e. The summed E-state index contributed by atoms with van der Waals surface area (Å²) in [6, 6.07) is 11.1. The van der Waals surface area contributed by atoms with Crippen molar-refractivity contribution in [1.82, 2.24) is 5.16 Å². The highest BCUT2D eigenvalue weighted by molar-refractivity contribution is 5.94. The van der Waals surface area contributed by atoms with Crippen molar-refractivity contribution >= 4 is 16.9 Å². The Balaban J connectivity index is 2.14. The van der Waals surface area contributed by atoms with E-state index in [0.717, 1.165) is 5.39 Å². The Kier molecular flexibility index (Phi) is 2.95. The minimum absolute atomic E-state index is 0.118. The smallest absolute Gasteiger partial charge is 0.307 e. The molecule has 100 valence electrons. The molecule has 3 rings (SSSR count). The molecule has 0 aliphatic rings. The van der Waals surface area contributed by atoms with Gasteiger partial charge in [-0.2, -0.15) is 0 Å². The number of aromatic nitrogens is 1. The molecule has 20 heavy (non-hydrogen) atoms. The summed E-state index contributed by atoms with van der Waals surface area (Å²) in [6.07, 6.45) is -0.118. The topological polar surface area (TPSA) is 63.3 Å². The summed E-state index contributed by atoms with van der Waals surface area (Å²) >= 11 is 0. The predicted octanol–water partition coefficient (Wildman–Crippen LogP) is 3.26. The molecule has 0 saturated heterocycles. The van der Waals surface area contributed by atoms with Gasteiger partial charge in [-0.15, -0.1) is 0 Å². The number of hydrogen-bond donors (Lipinski definition) is 1. The van der Waals surface area contributed by atoms with Crippen LogP contribution in [0.4, 0.5) is 4.39 Å². The Bertz CT molecular complexity index is 777. The van der Waals surface area contributed by atoms with Crippen LogP contribution in [0.1, 0.15) is 5.56 Å². The standard InChI is InChI=1S/C15H10FNO3/c16-11-6-4-9(5-7-11)15-12-3-1-2-10(8-13(18)19)14(12)17-20-15/h1-7H,8H2,(H,18,19). The van der Waals surface area contributed by atoms with Crippen molar-refractivity contribution in [2.75, 3.05) is 0 Å². The molecule has 0 radical (unpaired) electrons. The number of halogens is 1. The van der Waals surface area contributed by atoms with Crippen LogP contribution < -0.4 is 0 Å². The van der Waals surface area contributed by atoms with Gasteiger partial charge in [0.25, 0.3) is 0 Å². The molecule has 0 atom stereocenters. The van der Waals surface area contributed by atoms with E-state index in [2.05, 4.69) is 5.16 Å². The zero-order valence-corrected chi connectivity index (χ0v) is 10.3. The number of nitrogens with zero attached hydrogens (tertiary/aromatic N) is 1. The van der Waals surface area contributed by atoms with Crippen molar-refractivity contribution in [1.29, 1.82) is 0 Å². The maximum Gasteiger partial charge on any atom is 0.307 e. The van der Waals surface area contributed by atoms with E-state index in [4.69, 9.17) is 9.63 Å². The van der Waals surface area contributed by atoms with Gasteiger partial charge in [-0.25, -0.2) is 4.39 Å². The quantitative estimate of drug-likeness (QED) is 0.794. The fourth-order valence-corrected chi connectivity index (χ4v) is 2.14. The number of benzene rings is 2. The molecule has 1 aromatic heterocycles.